The summed E-state index contributed by atoms with van der Waals surface area (Å²) in [5.41, 5.74) is 1.25. The molecule has 0 radical (unpaired) electrons. The van der Waals surface area contributed by atoms with Gasteiger partial charge in [-0.15, -0.1) is 0 Å². The molecule has 5 heteroatoms. The number of likely N-dealkylation sites (tertiary alicyclic amines) is 1. The highest BCUT2D eigenvalue weighted by molar-refractivity contribution is 7.98. The molecule has 0 saturated carbocycles. The Labute approximate surface area is 157 Å². The average Bonchev–Trinajstić information content (AvgIpc) is 3.10. The van der Waals surface area contributed by atoms with Gasteiger partial charge in [0.25, 0.3) is 0 Å². The Kier molecular flexibility index (Phi) is 9.82. The second kappa shape index (κ2) is 12.2. The summed E-state index contributed by atoms with van der Waals surface area (Å²) in [5.74, 6) is 2.91. The zero-order chi connectivity index (χ0) is 17.7. The van der Waals surface area contributed by atoms with Gasteiger partial charge in [-0.05, 0) is 43.8 Å². The van der Waals surface area contributed by atoms with Crippen LogP contribution < -0.4 is 5.32 Å². The maximum atomic E-state index is 5.93. The molecule has 1 aromatic carbocycles. The molecule has 1 atom stereocenters. The molecular formula is C20H33N3OS. The van der Waals surface area contributed by atoms with Crippen molar-refractivity contribution in [2.45, 2.75) is 32.8 Å². The normalized spacial score (nSPS) is 17.9. The summed E-state index contributed by atoms with van der Waals surface area (Å²) in [7, 11) is 0. The van der Waals surface area contributed by atoms with Crippen LogP contribution in [0.3, 0.4) is 0 Å². The van der Waals surface area contributed by atoms with E-state index in [9.17, 15) is 0 Å². The Hall–Kier alpha value is -1.20. The second-order valence-electron chi connectivity index (χ2n) is 6.54. The Morgan fingerprint density at radius 1 is 1.32 bits per heavy atom. The minimum atomic E-state index is 0.601. The van der Waals surface area contributed by atoms with Crippen LogP contribution in [0.15, 0.2) is 35.3 Å². The van der Waals surface area contributed by atoms with Crippen molar-refractivity contribution in [1.82, 2.24) is 10.2 Å². The van der Waals surface area contributed by atoms with E-state index >= 15 is 0 Å². The first-order chi connectivity index (χ1) is 12.3. The van der Waals surface area contributed by atoms with Gasteiger partial charge in [0.2, 0.25) is 0 Å². The predicted octanol–water partition coefficient (Wildman–Crippen LogP) is 3.63. The van der Waals surface area contributed by atoms with Crippen LogP contribution in [0.4, 0.5) is 0 Å². The highest BCUT2D eigenvalue weighted by Gasteiger charge is 2.24. The number of unbranched alkanes of at least 4 members (excludes halogenated alkanes) is 1. The van der Waals surface area contributed by atoms with Crippen molar-refractivity contribution >= 4 is 17.7 Å². The lowest BCUT2D eigenvalue weighted by Crippen LogP contribution is -2.40. The van der Waals surface area contributed by atoms with Crippen molar-refractivity contribution in [3.63, 3.8) is 0 Å². The molecule has 4 nitrogen and oxygen atoms in total. The molecule has 1 saturated heterocycles. The van der Waals surface area contributed by atoms with Crippen LogP contribution in [-0.4, -0.2) is 55.7 Å². The maximum absolute atomic E-state index is 5.93. The molecule has 2 rings (SSSR count). The zero-order valence-corrected chi connectivity index (χ0v) is 16.6. The van der Waals surface area contributed by atoms with Crippen LogP contribution in [0, 0.1) is 5.92 Å². The van der Waals surface area contributed by atoms with Crippen LogP contribution in [-0.2, 0) is 11.3 Å². The number of ether oxygens (including phenoxy) is 1. The molecule has 1 heterocycles. The Morgan fingerprint density at radius 2 is 2.16 bits per heavy atom. The van der Waals surface area contributed by atoms with Crippen LogP contribution in [0.25, 0.3) is 0 Å². The fraction of sp³-hybridized carbons (Fsp3) is 0.650. The molecular weight excluding hydrogens is 330 g/mol. The van der Waals surface area contributed by atoms with Gasteiger partial charge in [-0.25, -0.2) is 0 Å². The largest absolute Gasteiger partial charge is 0.376 e. The Bertz CT molecular complexity index is 495. The lowest BCUT2D eigenvalue weighted by molar-refractivity contribution is 0.0907. The monoisotopic (exact) mass is 363 g/mol. The van der Waals surface area contributed by atoms with Gasteiger partial charge >= 0.3 is 0 Å². The van der Waals surface area contributed by atoms with Crippen molar-refractivity contribution in [2.24, 2.45) is 10.9 Å². The predicted molar refractivity (Wildman–Crippen MR) is 109 cm³/mol. The van der Waals surface area contributed by atoms with Crippen LogP contribution in [0.5, 0.6) is 0 Å². The molecule has 1 aliphatic heterocycles. The fourth-order valence-electron chi connectivity index (χ4n) is 3.05. The van der Waals surface area contributed by atoms with Gasteiger partial charge in [-0.1, -0.05) is 30.3 Å². The topological polar surface area (TPSA) is 36.9 Å². The maximum Gasteiger partial charge on any atom is 0.193 e. The van der Waals surface area contributed by atoms with Gasteiger partial charge < -0.3 is 15.0 Å². The SMILES string of the molecule is CCNC(=NCCCCSC)N1CCC(COCc2ccccc2)C1. The zero-order valence-electron chi connectivity index (χ0n) is 15.7. The van der Waals surface area contributed by atoms with E-state index in [0.717, 1.165) is 38.7 Å². The third kappa shape index (κ3) is 7.70. The molecule has 0 amide bonds. The van der Waals surface area contributed by atoms with E-state index in [2.05, 4.69) is 47.7 Å². The summed E-state index contributed by atoms with van der Waals surface area (Å²) in [6.07, 6.45) is 5.77. The van der Waals surface area contributed by atoms with E-state index in [0.29, 0.717) is 12.5 Å². The third-order valence-electron chi connectivity index (χ3n) is 4.40. The van der Waals surface area contributed by atoms with E-state index in [1.54, 1.807) is 0 Å². The first-order valence-corrected chi connectivity index (χ1v) is 10.9. The molecule has 140 valence electrons. The highest BCUT2D eigenvalue weighted by atomic mass is 32.2. The average molecular weight is 364 g/mol. The Morgan fingerprint density at radius 3 is 2.92 bits per heavy atom. The standard InChI is InChI=1S/C20H33N3OS/c1-3-21-20(22-12-7-8-14-25-2)23-13-11-19(15-23)17-24-16-18-9-5-4-6-10-18/h4-6,9-10,19H,3,7-8,11-17H2,1-2H3,(H,21,22). The van der Waals surface area contributed by atoms with Crippen molar-refractivity contribution in [3.05, 3.63) is 35.9 Å². The molecule has 1 N–H and O–H groups in total. The Balaban J connectivity index is 1.71. The molecule has 1 aliphatic rings. The van der Waals surface area contributed by atoms with Gasteiger partial charge in [0.1, 0.15) is 0 Å². The van der Waals surface area contributed by atoms with Crippen molar-refractivity contribution < 1.29 is 4.74 Å². The molecule has 0 bridgehead atoms. The van der Waals surface area contributed by atoms with Crippen LogP contribution >= 0.6 is 11.8 Å². The van der Waals surface area contributed by atoms with E-state index in [-0.39, 0.29) is 0 Å². The summed E-state index contributed by atoms with van der Waals surface area (Å²) in [6, 6.07) is 10.4. The van der Waals surface area contributed by atoms with E-state index in [1.165, 1.54) is 30.6 Å². The lowest BCUT2D eigenvalue weighted by Gasteiger charge is -2.21. The summed E-state index contributed by atoms with van der Waals surface area (Å²) in [6.45, 7) is 7.66. The van der Waals surface area contributed by atoms with Gasteiger partial charge in [0.05, 0.1) is 13.2 Å². The minimum Gasteiger partial charge on any atom is -0.376 e. The van der Waals surface area contributed by atoms with Gasteiger partial charge in [-0.3, -0.25) is 4.99 Å². The van der Waals surface area contributed by atoms with Crippen molar-refractivity contribution in [3.8, 4) is 0 Å². The number of benzene rings is 1. The third-order valence-corrected chi connectivity index (χ3v) is 5.10. The highest BCUT2D eigenvalue weighted by Crippen LogP contribution is 2.17. The van der Waals surface area contributed by atoms with Gasteiger partial charge in [0, 0.05) is 32.1 Å². The van der Waals surface area contributed by atoms with E-state index < -0.39 is 0 Å². The number of hydrogen-bond donors (Lipinski definition) is 1. The molecule has 0 aromatic heterocycles. The van der Waals surface area contributed by atoms with Crippen LogP contribution in [0.1, 0.15) is 31.7 Å². The van der Waals surface area contributed by atoms with Crippen molar-refractivity contribution in [2.75, 3.05) is 44.8 Å². The van der Waals surface area contributed by atoms with Gasteiger partial charge in [-0.2, -0.15) is 11.8 Å². The summed E-state index contributed by atoms with van der Waals surface area (Å²) in [5, 5.41) is 3.45. The summed E-state index contributed by atoms with van der Waals surface area (Å²) < 4.78 is 5.93. The van der Waals surface area contributed by atoms with Crippen LogP contribution in [0.2, 0.25) is 0 Å². The fourth-order valence-corrected chi connectivity index (χ4v) is 3.54. The number of thioether (sulfide) groups is 1. The van der Waals surface area contributed by atoms with E-state index in [4.69, 9.17) is 9.73 Å². The number of aliphatic imine (C=N–C) groups is 1. The van der Waals surface area contributed by atoms with Gasteiger partial charge in [0.15, 0.2) is 5.96 Å². The number of hydrogen-bond acceptors (Lipinski definition) is 3. The smallest absolute Gasteiger partial charge is 0.193 e. The number of guanidine groups is 1. The first kappa shape index (κ1) is 20.1. The summed E-state index contributed by atoms with van der Waals surface area (Å²) >= 11 is 1.91. The quantitative estimate of drug-likeness (QED) is 0.391. The molecule has 1 aromatic rings. The second-order valence-corrected chi connectivity index (χ2v) is 7.52. The molecule has 0 aliphatic carbocycles. The molecule has 0 spiro atoms. The number of rotatable bonds is 10. The molecule has 25 heavy (non-hydrogen) atoms. The molecule has 1 unspecified atom stereocenters. The van der Waals surface area contributed by atoms with E-state index in [1.807, 2.05) is 17.8 Å². The minimum absolute atomic E-state index is 0.601. The van der Waals surface area contributed by atoms with Crippen molar-refractivity contribution in [1.29, 1.82) is 0 Å². The first-order valence-electron chi connectivity index (χ1n) is 9.47. The number of nitrogens with one attached hydrogen (secondary N) is 1. The molecule has 1 fully saturated rings. The summed E-state index contributed by atoms with van der Waals surface area (Å²) in [4.78, 5) is 7.21. The number of nitrogens with zero attached hydrogens (tertiary/aromatic N) is 2. The lowest BCUT2D eigenvalue weighted by atomic mass is 10.1.